The van der Waals surface area contributed by atoms with Crippen LogP contribution >= 0.6 is 0 Å². The van der Waals surface area contributed by atoms with Crippen molar-refractivity contribution >= 4 is 17.4 Å². The highest BCUT2D eigenvalue weighted by Gasteiger charge is 2.33. The summed E-state index contributed by atoms with van der Waals surface area (Å²) >= 11 is 0. The van der Waals surface area contributed by atoms with Crippen LogP contribution in [-0.4, -0.2) is 29.0 Å². The van der Waals surface area contributed by atoms with E-state index >= 15 is 0 Å². The first-order chi connectivity index (χ1) is 12.3. The standard InChI is InChI=1S/C18H19F3N4O/c1-12-6-8-25(9-7-12)16-11-22-15(10-23-16)17(26)24-14-5-3-2-4-13(14)18(19,20)21/h2-5,10-12H,6-9H2,1H3,(H,24,26). The van der Waals surface area contributed by atoms with Crippen LogP contribution < -0.4 is 10.2 Å². The number of hydrogen-bond acceptors (Lipinski definition) is 4. The molecule has 0 unspecified atom stereocenters. The smallest absolute Gasteiger partial charge is 0.355 e. The minimum absolute atomic E-state index is 0.0314. The fourth-order valence-corrected chi connectivity index (χ4v) is 2.87. The van der Waals surface area contributed by atoms with E-state index in [4.69, 9.17) is 0 Å². The van der Waals surface area contributed by atoms with Crippen molar-refractivity contribution in [3.63, 3.8) is 0 Å². The van der Waals surface area contributed by atoms with Crippen molar-refractivity contribution in [3.05, 3.63) is 47.9 Å². The van der Waals surface area contributed by atoms with Crippen LogP contribution in [0.3, 0.4) is 0 Å². The molecule has 1 aromatic carbocycles. The maximum Gasteiger partial charge on any atom is 0.418 e. The number of carbonyl (C=O) groups excluding carboxylic acids is 1. The molecule has 1 amide bonds. The third kappa shape index (κ3) is 4.12. The summed E-state index contributed by atoms with van der Waals surface area (Å²) in [5.74, 6) is 0.620. The van der Waals surface area contributed by atoms with Crippen molar-refractivity contribution in [1.82, 2.24) is 9.97 Å². The fraction of sp³-hybridized carbons (Fsp3) is 0.389. The van der Waals surface area contributed by atoms with Gasteiger partial charge in [-0.2, -0.15) is 13.2 Å². The van der Waals surface area contributed by atoms with E-state index in [0.29, 0.717) is 11.7 Å². The lowest BCUT2D eigenvalue weighted by Gasteiger charge is -2.30. The number of para-hydroxylation sites is 1. The van der Waals surface area contributed by atoms with Crippen molar-refractivity contribution in [1.29, 1.82) is 0 Å². The molecule has 2 heterocycles. The van der Waals surface area contributed by atoms with E-state index in [1.165, 1.54) is 30.6 Å². The van der Waals surface area contributed by atoms with Gasteiger partial charge >= 0.3 is 6.18 Å². The Balaban J connectivity index is 1.71. The molecule has 26 heavy (non-hydrogen) atoms. The van der Waals surface area contributed by atoms with Crippen molar-refractivity contribution in [3.8, 4) is 0 Å². The molecule has 2 aromatic rings. The molecular formula is C18H19F3N4O. The van der Waals surface area contributed by atoms with Crippen LogP contribution in [0, 0.1) is 5.92 Å². The van der Waals surface area contributed by atoms with E-state index in [1.807, 2.05) is 0 Å². The van der Waals surface area contributed by atoms with Gasteiger partial charge in [0.15, 0.2) is 0 Å². The van der Waals surface area contributed by atoms with Gasteiger partial charge in [0.05, 0.1) is 23.6 Å². The lowest BCUT2D eigenvalue weighted by atomic mass is 9.99. The number of piperidine rings is 1. The van der Waals surface area contributed by atoms with Crippen molar-refractivity contribution in [2.24, 2.45) is 5.92 Å². The van der Waals surface area contributed by atoms with Crippen LogP contribution in [-0.2, 0) is 6.18 Å². The minimum atomic E-state index is -4.55. The first-order valence-corrected chi connectivity index (χ1v) is 8.39. The average molecular weight is 364 g/mol. The van der Waals surface area contributed by atoms with Crippen LogP contribution in [0.4, 0.5) is 24.7 Å². The van der Waals surface area contributed by atoms with E-state index in [0.717, 1.165) is 32.0 Å². The summed E-state index contributed by atoms with van der Waals surface area (Å²) in [5, 5.41) is 2.26. The van der Waals surface area contributed by atoms with E-state index < -0.39 is 17.6 Å². The molecule has 0 saturated carbocycles. The minimum Gasteiger partial charge on any atom is -0.355 e. The van der Waals surface area contributed by atoms with E-state index in [1.54, 1.807) is 0 Å². The molecule has 0 bridgehead atoms. The molecule has 5 nitrogen and oxygen atoms in total. The molecule has 1 aliphatic rings. The Labute approximate surface area is 149 Å². The van der Waals surface area contributed by atoms with Gasteiger partial charge in [0.1, 0.15) is 11.5 Å². The zero-order valence-electron chi connectivity index (χ0n) is 14.3. The van der Waals surface area contributed by atoms with Gasteiger partial charge in [-0.05, 0) is 30.9 Å². The summed E-state index contributed by atoms with van der Waals surface area (Å²) in [7, 11) is 0. The molecule has 3 rings (SSSR count). The predicted molar refractivity (Wildman–Crippen MR) is 92.0 cm³/mol. The molecule has 1 N–H and O–H groups in total. The van der Waals surface area contributed by atoms with Crippen molar-refractivity contribution < 1.29 is 18.0 Å². The van der Waals surface area contributed by atoms with Gasteiger partial charge in [0.2, 0.25) is 0 Å². The summed E-state index contributed by atoms with van der Waals surface area (Å²) in [6, 6.07) is 4.82. The van der Waals surface area contributed by atoms with Gasteiger partial charge in [-0.3, -0.25) is 4.79 Å². The second kappa shape index (κ2) is 7.31. The lowest BCUT2D eigenvalue weighted by Crippen LogP contribution is -2.33. The zero-order chi connectivity index (χ0) is 18.7. The summed E-state index contributed by atoms with van der Waals surface area (Å²) in [5.41, 5.74) is -1.24. The van der Waals surface area contributed by atoms with Crippen molar-refractivity contribution in [2.75, 3.05) is 23.3 Å². The number of aromatic nitrogens is 2. The monoisotopic (exact) mass is 364 g/mol. The highest BCUT2D eigenvalue weighted by molar-refractivity contribution is 6.03. The topological polar surface area (TPSA) is 58.1 Å². The van der Waals surface area contributed by atoms with Crippen LogP contribution in [0.15, 0.2) is 36.7 Å². The Morgan fingerprint density at radius 1 is 1.15 bits per heavy atom. The SMILES string of the molecule is CC1CCN(c2cnc(C(=O)Nc3ccccc3C(F)(F)F)cn2)CC1. The predicted octanol–water partition coefficient (Wildman–Crippen LogP) is 3.98. The molecule has 138 valence electrons. The highest BCUT2D eigenvalue weighted by atomic mass is 19.4. The number of carbonyl (C=O) groups is 1. The Kier molecular flexibility index (Phi) is 5.11. The molecule has 1 aromatic heterocycles. The quantitative estimate of drug-likeness (QED) is 0.895. The molecule has 1 fully saturated rings. The van der Waals surface area contributed by atoms with Gasteiger partial charge in [0, 0.05) is 13.1 Å². The third-order valence-corrected chi connectivity index (χ3v) is 4.46. The maximum absolute atomic E-state index is 13.0. The average Bonchev–Trinajstić information content (AvgIpc) is 2.62. The fourth-order valence-electron chi connectivity index (χ4n) is 2.87. The molecule has 8 heteroatoms. The molecule has 0 aliphatic carbocycles. The number of rotatable bonds is 3. The van der Waals surface area contributed by atoms with E-state index in [2.05, 4.69) is 27.1 Å². The number of alkyl halides is 3. The number of nitrogens with one attached hydrogen (secondary N) is 1. The number of amides is 1. The Morgan fingerprint density at radius 2 is 1.85 bits per heavy atom. The first kappa shape index (κ1) is 18.2. The van der Waals surface area contributed by atoms with Crippen LogP contribution in [0.2, 0.25) is 0 Å². The second-order valence-electron chi connectivity index (χ2n) is 6.43. The normalized spacial score (nSPS) is 15.8. The summed E-state index contributed by atoms with van der Waals surface area (Å²) < 4.78 is 39.0. The largest absolute Gasteiger partial charge is 0.418 e. The number of halogens is 3. The van der Waals surface area contributed by atoms with Gasteiger partial charge < -0.3 is 10.2 Å². The summed E-state index contributed by atoms with van der Waals surface area (Å²) in [4.78, 5) is 22.6. The van der Waals surface area contributed by atoms with Crippen molar-refractivity contribution in [2.45, 2.75) is 25.9 Å². The van der Waals surface area contributed by atoms with Gasteiger partial charge in [0.25, 0.3) is 5.91 Å². The Hall–Kier alpha value is -2.64. The maximum atomic E-state index is 13.0. The Morgan fingerprint density at radius 3 is 2.46 bits per heavy atom. The molecule has 1 saturated heterocycles. The van der Waals surface area contributed by atoms with Crippen LogP contribution in [0.1, 0.15) is 35.8 Å². The Bertz CT molecular complexity index is 769. The molecule has 0 atom stereocenters. The zero-order valence-corrected chi connectivity index (χ0v) is 14.3. The molecule has 0 spiro atoms. The number of benzene rings is 1. The first-order valence-electron chi connectivity index (χ1n) is 8.39. The number of nitrogens with zero attached hydrogens (tertiary/aromatic N) is 3. The second-order valence-corrected chi connectivity index (χ2v) is 6.43. The van der Waals surface area contributed by atoms with Gasteiger partial charge in [-0.25, -0.2) is 9.97 Å². The number of hydrogen-bond donors (Lipinski definition) is 1. The lowest BCUT2D eigenvalue weighted by molar-refractivity contribution is -0.136. The summed E-state index contributed by atoms with van der Waals surface area (Å²) in [6.07, 6.45) is 0.362. The molecular weight excluding hydrogens is 345 g/mol. The van der Waals surface area contributed by atoms with Crippen LogP contribution in [0.25, 0.3) is 0 Å². The highest BCUT2D eigenvalue weighted by Crippen LogP contribution is 2.34. The van der Waals surface area contributed by atoms with E-state index in [9.17, 15) is 18.0 Å². The van der Waals surface area contributed by atoms with Gasteiger partial charge in [-0.15, -0.1) is 0 Å². The molecule has 0 radical (unpaired) electrons. The van der Waals surface area contributed by atoms with Gasteiger partial charge in [-0.1, -0.05) is 19.1 Å². The van der Waals surface area contributed by atoms with Crippen LogP contribution in [0.5, 0.6) is 0 Å². The van der Waals surface area contributed by atoms with E-state index in [-0.39, 0.29) is 11.4 Å². The number of anilines is 2. The third-order valence-electron chi connectivity index (χ3n) is 4.46. The molecule has 1 aliphatic heterocycles. The summed E-state index contributed by atoms with van der Waals surface area (Å²) in [6.45, 7) is 3.95.